The van der Waals surface area contributed by atoms with Gasteiger partial charge in [-0.25, -0.2) is 4.39 Å². The van der Waals surface area contributed by atoms with E-state index in [9.17, 15) is 4.39 Å². The fraction of sp³-hybridized carbons (Fsp3) is 0.400. The molecule has 1 heterocycles. The number of nitrogens with zero attached hydrogens (tertiary/aromatic N) is 2. The molecule has 0 aliphatic heterocycles. The number of halogens is 2. The smallest absolute Gasteiger partial charge is 0.161 e. The monoisotopic (exact) mass is 148 g/mol. The maximum atomic E-state index is 12.1. The molecule has 1 aromatic heterocycles. The van der Waals surface area contributed by atoms with Gasteiger partial charge in [0.2, 0.25) is 0 Å². The second-order valence-corrected chi connectivity index (χ2v) is 1.99. The Balaban J connectivity index is 2.61. The highest BCUT2D eigenvalue weighted by molar-refractivity contribution is 6.17. The van der Waals surface area contributed by atoms with Crippen LogP contribution >= 0.6 is 11.6 Å². The molecule has 0 unspecified atom stereocenters. The van der Waals surface area contributed by atoms with Gasteiger partial charge >= 0.3 is 0 Å². The molecule has 0 saturated carbocycles. The molecule has 0 spiro atoms. The molecule has 0 N–H and O–H groups in total. The van der Waals surface area contributed by atoms with Crippen molar-refractivity contribution in [2.45, 2.75) is 6.54 Å². The van der Waals surface area contributed by atoms with E-state index in [1.807, 2.05) is 0 Å². The minimum Gasteiger partial charge on any atom is -0.269 e. The van der Waals surface area contributed by atoms with Crippen LogP contribution in [0, 0.1) is 5.82 Å². The highest BCUT2D eigenvalue weighted by atomic mass is 35.5. The molecule has 0 aliphatic carbocycles. The summed E-state index contributed by atoms with van der Waals surface area (Å²) in [5.41, 5.74) is 0. The zero-order valence-corrected chi connectivity index (χ0v) is 5.48. The third-order valence-corrected chi connectivity index (χ3v) is 1.08. The number of aromatic nitrogens is 2. The lowest BCUT2D eigenvalue weighted by molar-refractivity contribution is 0.616. The lowest BCUT2D eigenvalue weighted by Crippen LogP contribution is -1.98. The summed E-state index contributed by atoms with van der Waals surface area (Å²) >= 11 is 5.36. The molecule has 0 aliphatic rings. The predicted molar refractivity (Wildman–Crippen MR) is 32.9 cm³/mol. The maximum Gasteiger partial charge on any atom is 0.161 e. The summed E-state index contributed by atoms with van der Waals surface area (Å²) in [6, 6.07) is 0. The van der Waals surface area contributed by atoms with Crippen molar-refractivity contribution in [2.24, 2.45) is 0 Å². The Bertz CT molecular complexity index is 187. The Kier molecular flexibility index (Phi) is 2.05. The van der Waals surface area contributed by atoms with Gasteiger partial charge in [-0.2, -0.15) is 5.10 Å². The highest BCUT2D eigenvalue weighted by Gasteiger charge is 1.92. The molecule has 0 radical (unpaired) electrons. The lowest BCUT2D eigenvalue weighted by atomic mass is 10.7. The van der Waals surface area contributed by atoms with Gasteiger partial charge in [-0.15, -0.1) is 11.6 Å². The van der Waals surface area contributed by atoms with Crippen molar-refractivity contribution in [1.29, 1.82) is 0 Å². The minimum atomic E-state index is -0.319. The Morgan fingerprint density at radius 3 is 3.00 bits per heavy atom. The van der Waals surface area contributed by atoms with Gasteiger partial charge in [0.05, 0.1) is 18.9 Å². The van der Waals surface area contributed by atoms with E-state index in [2.05, 4.69) is 5.10 Å². The summed E-state index contributed by atoms with van der Waals surface area (Å²) in [6.07, 6.45) is 2.47. The van der Waals surface area contributed by atoms with E-state index in [-0.39, 0.29) is 5.82 Å². The molecule has 9 heavy (non-hydrogen) atoms. The fourth-order valence-electron chi connectivity index (χ4n) is 0.547. The van der Waals surface area contributed by atoms with Gasteiger partial charge in [-0.1, -0.05) is 0 Å². The van der Waals surface area contributed by atoms with Crippen LogP contribution in [0.1, 0.15) is 0 Å². The Labute approximate surface area is 57.2 Å². The van der Waals surface area contributed by atoms with Gasteiger partial charge in [-0.3, -0.25) is 4.68 Å². The van der Waals surface area contributed by atoms with Crippen LogP contribution in [-0.2, 0) is 6.54 Å². The summed E-state index contributed by atoms with van der Waals surface area (Å²) < 4.78 is 13.6. The van der Waals surface area contributed by atoms with Gasteiger partial charge in [0, 0.05) is 5.88 Å². The van der Waals surface area contributed by atoms with Crippen molar-refractivity contribution < 1.29 is 4.39 Å². The second-order valence-electron chi connectivity index (χ2n) is 1.61. The molecular weight excluding hydrogens is 143 g/mol. The van der Waals surface area contributed by atoms with Gasteiger partial charge in [0.1, 0.15) is 0 Å². The molecule has 50 valence electrons. The first-order valence-corrected chi connectivity index (χ1v) is 3.10. The maximum absolute atomic E-state index is 12.1. The standard InChI is InChI=1S/C5H6ClFN2/c6-1-2-9-4-5(7)3-8-9/h3-4H,1-2H2. The first-order valence-electron chi connectivity index (χ1n) is 2.57. The topological polar surface area (TPSA) is 17.8 Å². The first kappa shape index (κ1) is 6.55. The van der Waals surface area contributed by atoms with E-state index in [0.29, 0.717) is 12.4 Å². The van der Waals surface area contributed by atoms with Crippen LogP contribution < -0.4 is 0 Å². The predicted octanol–water partition coefficient (Wildman–Crippen LogP) is 1.26. The Morgan fingerprint density at radius 1 is 1.78 bits per heavy atom. The first-order chi connectivity index (χ1) is 4.33. The van der Waals surface area contributed by atoms with E-state index in [0.717, 1.165) is 6.20 Å². The Hall–Kier alpha value is -0.570. The molecule has 0 amide bonds. The van der Waals surface area contributed by atoms with Gasteiger partial charge in [0.25, 0.3) is 0 Å². The van der Waals surface area contributed by atoms with E-state index in [1.54, 1.807) is 0 Å². The molecule has 1 aromatic rings. The molecule has 4 heteroatoms. The van der Waals surface area contributed by atoms with Crippen molar-refractivity contribution in [3.05, 3.63) is 18.2 Å². The van der Waals surface area contributed by atoms with Crippen LogP contribution in [0.2, 0.25) is 0 Å². The summed E-state index contributed by atoms with van der Waals surface area (Å²) in [5.74, 6) is 0.140. The van der Waals surface area contributed by atoms with Crippen LogP contribution in [0.3, 0.4) is 0 Å². The molecule has 0 bridgehead atoms. The van der Waals surface area contributed by atoms with Gasteiger partial charge in [-0.05, 0) is 0 Å². The van der Waals surface area contributed by atoms with E-state index >= 15 is 0 Å². The minimum absolute atomic E-state index is 0.319. The average Bonchev–Trinajstić information content (AvgIpc) is 2.17. The summed E-state index contributed by atoms with van der Waals surface area (Å²) in [7, 11) is 0. The summed E-state index contributed by atoms with van der Waals surface area (Å²) in [5, 5.41) is 3.66. The number of hydrogen-bond donors (Lipinski definition) is 0. The third kappa shape index (κ3) is 1.68. The van der Waals surface area contributed by atoms with Gasteiger partial charge in [0.15, 0.2) is 5.82 Å². The molecule has 2 nitrogen and oxygen atoms in total. The van der Waals surface area contributed by atoms with Crippen molar-refractivity contribution >= 4 is 11.6 Å². The fourth-order valence-corrected chi connectivity index (χ4v) is 0.720. The molecule has 1 rings (SSSR count). The van der Waals surface area contributed by atoms with Crippen LogP contribution in [-0.4, -0.2) is 15.7 Å². The second kappa shape index (κ2) is 2.82. The van der Waals surface area contributed by atoms with Crippen molar-refractivity contribution in [3.8, 4) is 0 Å². The number of aryl methyl sites for hydroxylation is 1. The zero-order chi connectivity index (χ0) is 6.69. The van der Waals surface area contributed by atoms with Crippen molar-refractivity contribution in [1.82, 2.24) is 9.78 Å². The quantitative estimate of drug-likeness (QED) is 0.578. The molecule has 0 aromatic carbocycles. The van der Waals surface area contributed by atoms with E-state index in [1.165, 1.54) is 10.9 Å². The van der Waals surface area contributed by atoms with Gasteiger partial charge < -0.3 is 0 Å². The largest absolute Gasteiger partial charge is 0.269 e. The summed E-state index contributed by atoms with van der Waals surface area (Å²) in [6.45, 7) is 0.561. The number of rotatable bonds is 2. The number of hydrogen-bond acceptors (Lipinski definition) is 1. The third-order valence-electron chi connectivity index (χ3n) is 0.915. The molecule has 0 saturated heterocycles. The van der Waals surface area contributed by atoms with E-state index in [4.69, 9.17) is 11.6 Å². The average molecular weight is 149 g/mol. The Morgan fingerprint density at radius 2 is 2.56 bits per heavy atom. The molecule has 0 fully saturated rings. The SMILES string of the molecule is Fc1cnn(CCCl)c1. The highest BCUT2D eigenvalue weighted by Crippen LogP contribution is 1.93. The van der Waals surface area contributed by atoms with Crippen molar-refractivity contribution in [2.75, 3.05) is 5.88 Å². The van der Waals surface area contributed by atoms with Crippen molar-refractivity contribution in [3.63, 3.8) is 0 Å². The van der Waals surface area contributed by atoms with Crippen LogP contribution in [0.4, 0.5) is 4.39 Å². The van der Waals surface area contributed by atoms with Crippen LogP contribution in [0.25, 0.3) is 0 Å². The summed E-state index contributed by atoms with van der Waals surface area (Å²) in [4.78, 5) is 0. The number of alkyl halides is 1. The van der Waals surface area contributed by atoms with Crippen LogP contribution in [0.5, 0.6) is 0 Å². The molecular formula is C5H6ClFN2. The molecule has 0 atom stereocenters. The van der Waals surface area contributed by atoms with E-state index < -0.39 is 0 Å². The lowest BCUT2D eigenvalue weighted by Gasteiger charge is -1.91. The normalized spacial score (nSPS) is 10.0. The van der Waals surface area contributed by atoms with Crippen LogP contribution in [0.15, 0.2) is 12.4 Å². The zero-order valence-electron chi connectivity index (χ0n) is 4.72.